The molecular weight excluding hydrogens is 348 g/mol. The number of benzene rings is 1. The highest BCUT2D eigenvalue weighted by molar-refractivity contribution is 7.89. The lowest BCUT2D eigenvalue weighted by Gasteiger charge is -2.33. The minimum atomic E-state index is -3.56. The minimum absolute atomic E-state index is 0.0162. The summed E-state index contributed by atoms with van der Waals surface area (Å²) in [5, 5.41) is 0. The lowest BCUT2D eigenvalue weighted by atomic mass is 9.87. The van der Waals surface area contributed by atoms with Crippen molar-refractivity contribution in [2.45, 2.75) is 76.2 Å². The molecule has 0 aliphatic heterocycles. The van der Waals surface area contributed by atoms with Gasteiger partial charge in [-0.2, -0.15) is 0 Å². The maximum Gasteiger partial charge on any atom is 0.240 e. The summed E-state index contributed by atoms with van der Waals surface area (Å²) in [5.74, 6) is 0.0191. The van der Waals surface area contributed by atoms with Gasteiger partial charge in [-0.25, -0.2) is 13.1 Å². The second kappa shape index (κ2) is 8.53. The highest BCUT2D eigenvalue weighted by Crippen LogP contribution is 2.24. The summed E-state index contributed by atoms with van der Waals surface area (Å²) >= 11 is 0. The molecule has 0 radical (unpaired) electrons. The molecule has 1 aromatic rings. The summed E-state index contributed by atoms with van der Waals surface area (Å²) in [6, 6.07) is 7.26. The largest absolute Gasteiger partial charge is 0.339 e. The Bertz CT molecular complexity index is 700. The Balaban J connectivity index is 1.97. The third kappa shape index (κ3) is 5.55. The predicted octanol–water partition coefficient (Wildman–Crippen LogP) is 3.44. The molecule has 5 nitrogen and oxygen atoms in total. The van der Waals surface area contributed by atoms with Crippen LogP contribution in [0, 0.1) is 0 Å². The van der Waals surface area contributed by atoms with E-state index in [2.05, 4.69) is 25.5 Å². The molecule has 6 heteroatoms. The molecule has 0 atom stereocenters. The molecule has 1 aliphatic rings. The van der Waals surface area contributed by atoms with Crippen molar-refractivity contribution in [3.05, 3.63) is 29.8 Å². The number of hydrogen-bond donors (Lipinski definition) is 1. The number of hydrogen-bond acceptors (Lipinski definition) is 3. The van der Waals surface area contributed by atoms with Gasteiger partial charge in [-0.05, 0) is 36.0 Å². The molecule has 2 rings (SSSR count). The minimum Gasteiger partial charge on any atom is -0.339 e. The van der Waals surface area contributed by atoms with Crippen molar-refractivity contribution >= 4 is 15.9 Å². The number of amides is 1. The summed E-state index contributed by atoms with van der Waals surface area (Å²) in [7, 11) is -3.56. The van der Waals surface area contributed by atoms with Crippen LogP contribution in [0.4, 0.5) is 0 Å². The number of nitrogens with one attached hydrogen (secondary N) is 1. The van der Waals surface area contributed by atoms with Gasteiger partial charge in [-0.3, -0.25) is 4.79 Å². The van der Waals surface area contributed by atoms with Crippen molar-refractivity contribution < 1.29 is 13.2 Å². The first-order valence-corrected chi connectivity index (χ1v) is 11.0. The monoisotopic (exact) mass is 380 g/mol. The van der Waals surface area contributed by atoms with Gasteiger partial charge in [0.05, 0.1) is 4.90 Å². The van der Waals surface area contributed by atoms with E-state index in [0.29, 0.717) is 6.54 Å². The van der Waals surface area contributed by atoms with Crippen molar-refractivity contribution in [2.75, 3.05) is 13.1 Å². The Morgan fingerprint density at radius 3 is 2.19 bits per heavy atom. The molecule has 26 heavy (non-hydrogen) atoms. The molecule has 0 bridgehead atoms. The van der Waals surface area contributed by atoms with Crippen LogP contribution < -0.4 is 4.72 Å². The maximum atomic E-state index is 12.5. The maximum absolute atomic E-state index is 12.5. The Labute approximate surface area is 158 Å². The quantitative estimate of drug-likeness (QED) is 0.822. The van der Waals surface area contributed by atoms with Gasteiger partial charge in [-0.15, -0.1) is 0 Å². The van der Waals surface area contributed by atoms with Crippen LogP contribution in [-0.2, 0) is 20.2 Å². The number of carbonyl (C=O) groups excluding carboxylic acids is 1. The van der Waals surface area contributed by atoms with E-state index in [4.69, 9.17) is 0 Å². The summed E-state index contributed by atoms with van der Waals surface area (Å²) in [6.45, 7) is 8.50. The number of nitrogens with zero attached hydrogens (tertiary/aromatic N) is 1. The van der Waals surface area contributed by atoms with Gasteiger partial charge in [0, 0.05) is 26.1 Å². The number of sulfonamides is 1. The first kappa shape index (κ1) is 20.9. The van der Waals surface area contributed by atoms with Crippen LogP contribution >= 0.6 is 0 Å². The zero-order valence-electron chi connectivity index (χ0n) is 16.4. The van der Waals surface area contributed by atoms with Crippen molar-refractivity contribution in [3.8, 4) is 0 Å². The standard InChI is InChI=1S/C20H32N2O3S/c1-16(23)22(18-8-6-5-7-9-18)15-14-21-26(24,25)19-12-10-17(11-13-19)20(2,3)4/h10-13,18,21H,5-9,14-15H2,1-4H3. The third-order valence-electron chi connectivity index (χ3n) is 5.10. The molecule has 1 aromatic carbocycles. The van der Waals surface area contributed by atoms with E-state index in [0.717, 1.165) is 31.2 Å². The van der Waals surface area contributed by atoms with Crippen molar-refractivity contribution in [3.63, 3.8) is 0 Å². The Hall–Kier alpha value is -1.40. The second-order valence-corrected chi connectivity index (χ2v) is 9.94. The molecule has 1 N–H and O–H groups in total. The molecule has 0 heterocycles. The molecule has 1 aliphatic carbocycles. The van der Waals surface area contributed by atoms with Gasteiger partial charge < -0.3 is 4.90 Å². The highest BCUT2D eigenvalue weighted by atomic mass is 32.2. The Morgan fingerprint density at radius 2 is 1.69 bits per heavy atom. The van der Waals surface area contributed by atoms with Crippen LogP contribution in [0.25, 0.3) is 0 Å². The van der Waals surface area contributed by atoms with Gasteiger partial charge >= 0.3 is 0 Å². The summed E-state index contributed by atoms with van der Waals surface area (Å²) in [5.41, 5.74) is 1.08. The van der Waals surface area contributed by atoms with E-state index in [9.17, 15) is 13.2 Å². The van der Waals surface area contributed by atoms with Crippen molar-refractivity contribution in [1.82, 2.24) is 9.62 Å². The van der Waals surface area contributed by atoms with Crippen molar-refractivity contribution in [2.24, 2.45) is 0 Å². The Morgan fingerprint density at radius 1 is 1.12 bits per heavy atom. The molecule has 0 spiro atoms. The fraction of sp³-hybridized carbons (Fsp3) is 0.650. The van der Waals surface area contributed by atoms with Gasteiger partial charge in [0.1, 0.15) is 0 Å². The molecule has 1 fully saturated rings. The average molecular weight is 381 g/mol. The molecule has 0 unspecified atom stereocenters. The van der Waals surface area contributed by atoms with Crippen LogP contribution in [0.1, 0.15) is 65.4 Å². The Kier molecular flexibility index (Phi) is 6.86. The van der Waals surface area contributed by atoms with Gasteiger partial charge in [0.15, 0.2) is 0 Å². The smallest absolute Gasteiger partial charge is 0.240 e. The number of carbonyl (C=O) groups is 1. The van der Waals surface area contributed by atoms with Gasteiger partial charge in [0.25, 0.3) is 0 Å². The van der Waals surface area contributed by atoms with Gasteiger partial charge in [0.2, 0.25) is 15.9 Å². The fourth-order valence-corrected chi connectivity index (χ4v) is 4.53. The fourth-order valence-electron chi connectivity index (χ4n) is 3.51. The highest BCUT2D eigenvalue weighted by Gasteiger charge is 2.24. The SMILES string of the molecule is CC(=O)N(CCNS(=O)(=O)c1ccc(C(C)(C)C)cc1)C1CCCCC1. The van der Waals surface area contributed by atoms with E-state index >= 15 is 0 Å². The third-order valence-corrected chi connectivity index (χ3v) is 6.57. The predicted molar refractivity (Wildman–Crippen MR) is 105 cm³/mol. The molecule has 1 saturated carbocycles. The van der Waals surface area contributed by atoms with Crippen LogP contribution in [0.2, 0.25) is 0 Å². The average Bonchev–Trinajstić information content (AvgIpc) is 2.58. The number of rotatable bonds is 6. The first-order chi connectivity index (χ1) is 12.1. The van der Waals surface area contributed by atoms with E-state index in [1.54, 1.807) is 19.1 Å². The van der Waals surface area contributed by atoms with E-state index in [1.165, 1.54) is 6.42 Å². The van der Waals surface area contributed by atoms with E-state index in [1.807, 2.05) is 17.0 Å². The second-order valence-electron chi connectivity index (χ2n) is 8.18. The van der Waals surface area contributed by atoms with Crippen LogP contribution in [0.3, 0.4) is 0 Å². The summed E-state index contributed by atoms with van der Waals surface area (Å²) < 4.78 is 27.6. The lowest BCUT2D eigenvalue weighted by Crippen LogP contribution is -2.44. The topological polar surface area (TPSA) is 66.5 Å². The zero-order valence-corrected chi connectivity index (χ0v) is 17.2. The van der Waals surface area contributed by atoms with Crippen LogP contribution in [0.15, 0.2) is 29.2 Å². The zero-order chi connectivity index (χ0) is 19.4. The van der Waals surface area contributed by atoms with Crippen molar-refractivity contribution in [1.29, 1.82) is 0 Å². The van der Waals surface area contributed by atoms with Crippen LogP contribution in [-0.4, -0.2) is 38.4 Å². The van der Waals surface area contributed by atoms with E-state index in [-0.39, 0.29) is 28.8 Å². The first-order valence-electron chi connectivity index (χ1n) is 9.49. The summed E-state index contributed by atoms with van der Waals surface area (Å²) in [4.78, 5) is 14.0. The molecule has 0 aromatic heterocycles. The van der Waals surface area contributed by atoms with Gasteiger partial charge in [-0.1, -0.05) is 52.2 Å². The van der Waals surface area contributed by atoms with Crippen LogP contribution in [0.5, 0.6) is 0 Å². The summed E-state index contributed by atoms with van der Waals surface area (Å²) in [6.07, 6.45) is 5.53. The molecular formula is C20H32N2O3S. The normalized spacial score (nSPS) is 16.5. The molecule has 0 saturated heterocycles. The molecule has 146 valence electrons. The van der Waals surface area contributed by atoms with E-state index < -0.39 is 10.0 Å². The molecule has 1 amide bonds. The lowest BCUT2D eigenvalue weighted by molar-refractivity contribution is -0.131.